The Labute approximate surface area is 186 Å². The Morgan fingerprint density at radius 3 is 1.09 bits per heavy atom. The van der Waals surface area contributed by atoms with Crippen LogP contribution >= 0.6 is 0 Å². The number of hydrogen-bond donors (Lipinski definition) is 0. The highest BCUT2D eigenvalue weighted by atomic mass is 19.4. The third-order valence-electron chi connectivity index (χ3n) is 4.64. The van der Waals surface area contributed by atoms with E-state index in [2.05, 4.69) is 0 Å². The topological polar surface area (TPSA) is 52.6 Å². The van der Waals surface area contributed by atoms with Crippen molar-refractivity contribution in [1.82, 2.24) is 0 Å². The van der Waals surface area contributed by atoms with Gasteiger partial charge in [-0.25, -0.2) is 9.59 Å². The van der Waals surface area contributed by atoms with E-state index in [1.165, 1.54) is 0 Å². The molecule has 0 aliphatic rings. The molecule has 2 aromatic rings. The van der Waals surface area contributed by atoms with E-state index in [0.29, 0.717) is 24.3 Å². The average molecular weight is 476 g/mol. The number of ether oxygens (including phenoxy) is 2. The zero-order valence-electron chi connectivity index (χ0n) is 18.2. The van der Waals surface area contributed by atoms with Crippen LogP contribution in [0.25, 0.3) is 0 Å². The smallest absolute Gasteiger partial charge is 0.411 e. The van der Waals surface area contributed by atoms with Crippen molar-refractivity contribution in [2.24, 2.45) is 0 Å². The van der Waals surface area contributed by atoms with Gasteiger partial charge in [0.05, 0.1) is 23.3 Å². The van der Waals surface area contributed by atoms with Gasteiger partial charge < -0.3 is 9.47 Å². The number of carbonyl (C=O) groups is 2. The van der Waals surface area contributed by atoms with Crippen LogP contribution in [0.4, 0.5) is 26.3 Å². The van der Waals surface area contributed by atoms with Gasteiger partial charge in [-0.1, -0.05) is 24.3 Å². The van der Waals surface area contributed by atoms with Crippen LogP contribution in [0.1, 0.15) is 59.5 Å². The first kappa shape index (κ1) is 26.2. The summed E-state index contributed by atoms with van der Waals surface area (Å²) in [4.78, 5) is 23.9. The molecule has 180 valence electrons. The number of alkyl halides is 6. The molecule has 10 heteroatoms. The molecule has 0 atom stereocenters. The van der Waals surface area contributed by atoms with Gasteiger partial charge in [0.1, 0.15) is 0 Å². The highest BCUT2D eigenvalue weighted by Crippen LogP contribution is 2.56. The summed E-state index contributed by atoms with van der Waals surface area (Å²) in [7, 11) is 0. The summed E-state index contributed by atoms with van der Waals surface area (Å²) < 4.78 is 95.0. The molecule has 0 heterocycles. The van der Waals surface area contributed by atoms with Crippen molar-refractivity contribution in [3.63, 3.8) is 0 Å². The molecule has 0 saturated heterocycles. The zero-order valence-corrected chi connectivity index (χ0v) is 18.2. The van der Waals surface area contributed by atoms with Crippen molar-refractivity contribution in [3.8, 4) is 0 Å². The van der Waals surface area contributed by atoms with E-state index >= 15 is 0 Å². The van der Waals surface area contributed by atoms with Gasteiger partial charge in [-0.2, -0.15) is 26.3 Å². The summed E-state index contributed by atoms with van der Waals surface area (Å²) in [6.07, 6.45) is -12.7. The van der Waals surface area contributed by atoms with Crippen molar-refractivity contribution in [1.29, 1.82) is 0 Å². The minimum atomic E-state index is -5.80. The maximum atomic E-state index is 14.2. The lowest BCUT2D eigenvalue weighted by Crippen LogP contribution is -2.54. The molecule has 0 aromatic heterocycles. The van der Waals surface area contributed by atoms with Crippen molar-refractivity contribution in [2.75, 3.05) is 0 Å². The minimum absolute atomic E-state index is 0.197. The van der Waals surface area contributed by atoms with E-state index in [1.54, 1.807) is 27.7 Å². The van der Waals surface area contributed by atoms with Crippen molar-refractivity contribution >= 4 is 11.9 Å². The Bertz CT molecular complexity index is 892. The van der Waals surface area contributed by atoms with E-state index in [1.807, 2.05) is 0 Å². The molecular formula is C23H22F6O4. The van der Waals surface area contributed by atoms with Crippen molar-refractivity contribution in [3.05, 3.63) is 70.8 Å². The summed E-state index contributed by atoms with van der Waals surface area (Å²) in [5.74, 6) is -1.76. The van der Waals surface area contributed by atoms with E-state index in [-0.39, 0.29) is 11.1 Å². The number of rotatable bonds is 6. The number of benzene rings is 2. The first-order valence-corrected chi connectivity index (χ1v) is 9.87. The first-order chi connectivity index (χ1) is 15.1. The van der Waals surface area contributed by atoms with Crippen molar-refractivity contribution in [2.45, 2.75) is 57.7 Å². The molecule has 2 rings (SSSR count). The van der Waals surface area contributed by atoms with Gasteiger partial charge in [0.2, 0.25) is 5.41 Å². The molecule has 33 heavy (non-hydrogen) atoms. The van der Waals surface area contributed by atoms with Crippen LogP contribution in [0.15, 0.2) is 48.5 Å². The van der Waals surface area contributed by atoms with Crippen LogP contribution < -0.4 is 0 Å². The summed E-state index contributed by atoms with van der Waals surface area (Å²) in [5.41, 5.74) is -7.07. The van der Waals surface area contributed by atoms with Crippen molar-refractivity contribution < 1.29 is 45.4 Å². The lowest BCUT2D eigenvalue weighted by molar-refractivity contribution is -0.288. The lowest BCUT2D eigenvalue weighted by atomic mass is 9.72. The fraction of sp³-hybridized carbons (Fsp3) is 0.391. The minimum Gasteiger partial charge on any atom is -0.459 e. The molecule has 0 amide bonds. The Balaban J connectivity index is 2.64. The Kier molecular flexibility index (Phi) is 7.50. The molecule has 0 aliphatic heterocycles. The third-order valence-corrected chi connectivity index (χ3v) is 4.64. The maximum absolute atomic E-state index is 14.2. The monoisotopic (exact) mass is 476 g/mol. The molecule has 0 saturated carbocycles. The van der Waals surface area contributed by atoms with Gasteiger partial charge >= 0.3 is 24.3 Å². The fourth-order valence-electron chi connectivity index (χ4n) is 3.26. The Morgan fingerprint density at radius 2 is 0.879 bits per heavy atom. The molecule has 0 unspecified atom stereocenters. The van der Waals surface area contributed by atoms with Crippen LogP contribution in [0.5, 0.6) is 0 Å². The molecule has 4 nitrogen and oxygen atoms in total. The predicted molar refractivity (Wildman–Crippen MR) is 107 cm³/mol. The number of esters is 2. The molecule has 0 bridgehead atoms. The SMILES string of the molecule is CC(C)OC(=O)c1ccc(C(c2ccc(C(=O)OC(C)C)cc2)(C(F)(F)F)C(F)(F)F)cc1. The van der Waals surface area contributed by atoms with E-state index in [9.17, 15) is 35.9 Å². The average Bonchev–Trinajstić information content (AvgIpc) is 2.66. The van der Waals surface area contributed by atoms with Gasteiger partial charge in [0.15, 0.2) is 0 Å². The Hall–Kier alpha value is -3.04. The summed E-state index contributed by atoms with van der Waals surface area (Å²) in [6, 6.07) is 5.78. The lowest BCUT2D eigenvalue weighted by Gasteiger charge is -2.38. The molecule has 0 radical (unpaired) electrons. The quantitative estimate of drug-likeness (QED) is 0.367. The molecule has 2 aromatic carbocycles. The molecule has 0 spiro atoms. The molecule has 0 fully saturated rings. The number of carbonyl (C=O) groups excluding carboxylic acids is 2. The second-order valence-corrected chi connectivity index (χ2v) is 7.81. The van der Waals surface area contributed by atoms with Crippen LogP contribution in [0, 0.1) is 0 Å². The van der Waals surface area contributed by atoms with E-state index in [0.717, 1.165) is 24.3 Å². The molecule has 0 aliphatic carbocycles. The standard InChI is InChI=1S/C23H22F6O4/c1-13(2)32-19(30)15-5-9-17(10-6-15)21(22(24,25)26,23(27,28)29)18-11-7-16(8-12-18)20(31)33-14(3)4/h5-14H,1-4H3. The zero-order chi connectivity index (χ0) is 25.2. The number of hydrogen-bond acceptors (Lipinski definition) is 4. The second kappa shape index (κ2) is 9.44. The van der Waals surface area contributed by atoms with Crippen LogP contribution in [-0.2, 0) is 14.9 Å². The Morgan fingerprint density at radius 1 is 0.606 bits per heavy atom. The second-order valence-electron chi connectivity index (χ2n) is 7.81. The van der Waals surface area contributed by atoms with Gasteiger partial charge in [0.25, 0.3) is 0 Å². The third kappa shape index (κ3) is 5.31. The first-order valence-electron chi connectivity index (χ1n) is 9.87. The summed E-state index contributed by atoms with van der Waals surface area (Å²) >= 11 is 0. The number of halogens is 6. The van der Waals surface area contributed by atoms with E-state index in [4.69, 9.17) is 9.47 Å². The maximum Gasteiger partial charge on any atom is 0.411 e. The van der Waals surface area contributed by atoms with E-state index < -0.39 is 53.0 Å². The summed E-state index contributed by atoms with van der Waals surface area (Å²) in [6.45, 7) is 6.19. The van der Waals surface area contributed by atoms with Gasteiger partial charge in [0, 0.05) is 0 Å². The highest BCUT2D eigenvalue weighted by molar-refractivity contribution is 5.90. The summed E-state index contributed by atoms with van der Waals surface area (Å²) in [5, 5.41) is 0. The molecular weight excluding hydrogens is 454 g/mol. The van der Waals surface area contributed by atoms with Gasteiger partial charge in [-0.05, 0) is 63.1 Å². The fourth-order valence-corrected chi connectivity index (χ4v) is 3.26. The highest BCUT2D eigenvalue weighted by Gasteiger charge is 2.72. The van der Waals surface area contributed by atoms with Crippen LogP contribution in [-0.4, -0.2) is 36.5 Å². The normalized spacial score (nSPS) is 12.7. The van der Waals surface area contributed by atoms with Gasteiger partial charge in [-0.15, -0.1) is 0 Å². The predicted octanol–water partition coefficient (Wildman–Crippen LogP) is 6.23. The largest absolute Gasteiger partial charge is 0.459 e. The van der Waals surface area contributed by atoms with Crippen LogP contribution in [0.3, 0.4) is 0 Å². The van der Waals surface area contributed by atoms with Crippen LogP contribution in [0.2, 0.25) is 0 Å². The van der Waals surface area contributed by atoms with Gasteiger partial charge in [-0.3, -0.25) is 0 Å². The molecule has 0 N–H and O–H groups in total.